The average molecular weight is 409 g/mol. The van der Waals surface area contributed by atoms with E-state index in [4.69, 9.17) is 27.9 Å². The summed E-state index contributed by atoms with van der Waals surface area (Å²) >= 11 is 12.2. The number of amides is 2. The molecule has 0 bridgehead atoms. The molecule has 140 valence electrons. The highest BCUT2D eigenvalue weighted by atomic mass is 35.5. The van der Waals surface area contributed by atoms with Crippen LogP contribution in [0, 0.1) is 5.82 Å². The molecule has 0 aliphatic carbocycles. The van der Waals surface area contributed by atoms with Gasteiger partial charge < -0.3 is 15.4 Å². The van der Waals surface area contributed by atoms with Gasteiger partial charge in [-0.25, -0.2) is 4.39 Å². The number of methoxy groups -OCH3 is 1. The first kappa shape index (κ1) is 19.2. The van der Waals surface area contributed by atoms with E-state index in [0.29, 0.717) is 27.6 Å². The molecule has 3 rings (SSSR count). The smallest absolute Gasteiger partial charge is 0.253 e. The number of ether oxygens (including phenoxy) is 1. The van der Waals surface area contributed by atoms with Crippen molar-refractivity contribution in [2.45, 2.75) is 12.3 Å². The predicted molar refractivity (Wildman–Crippen MR) is 102 cm³/mol. The number of anilines is 1. The molecule has 0 fully saturated rings. The summed E-state index contributed by atoms with van der Waals surface area (Å²) < 4.78 is 18.3. The van der Waals surface area contributed by atoms with Gasteiger partial charge in [-0.1, -0.05) is 35.3 Å². The topological polar surface area (TPSA) is 67.4 Å². The summed E-state index contributed by atoms with van der Waals surface area (Å²) in [5.41, 5.74) is 1.30. The van der Waals surface area contributed by atoms with Gasteiger partial charge in [0.05, 0.1) is 22.8 Å². The van der Waals surface area contributed by atoms with Gasteiger partial charge in [0, 0.05) is 30.2 Å². The van der Waals surface area contributed by atoms with Gasteiger partial charge in [-0.15, -0.1) is 0 Å². The molecule has 1 unspecified atom stereocenters. The van der Waals surface area contributed by atoms with Gasteiger partial charge in [0.15, 0.2) is 0 Å². The normalized spacial score (nSPS) is 16.4. The molecule has 2 aromatic carbocycles. The zero-order chi connectivity index (χ0) is 19.6. The first-order valence-electron chi connectivity index (χ1n) is 7.98. The molecule has 0 spiro atoms. The number of rotatable bonds is 4. The minimum absolute atomic E-state index is 0.0720. The van der Waals surface area contributed by atoms with Crippen LogP contribution in [0.5, 0.6) is 5.75 Å². The van der Waals surface area contributed by atoms with Crippen LogP contribution in [0.4, 0.5) is 10.1 Å². The van der Waals surface area contributed by atoms with Gasteiger partial charge in [0.25, 0.3) is 5.91 Å². The maximum absolute atomic E-state index is 13.2. The molecule has 2 N–H and O–H groups in total. The van der Waals surface area contributed by atoms with Gasteiger partial charge in [-0.3, -0.25) is 9.59 Å². The molecular weight excluding hydrogens is 394 g/mol. The summed E-state index contributed by atoms with van der Waals surface area (Å²) in [4.78, 5) is 24.6. The standard InChI is InChI=1S/C19H15Cl2FN2O3/c1-27-17-8-16(14(20)7-15(17)21)24-19(26)13-9-23-18(25)6-12(13)10-2-4-11(22)5-3-10/h2-5,7-9,12H,6H2,1H3,(H,23,25)(H,24,26). The van der Waals surface area contributed by atoms with Crippen LogP contribution in [0.1, 0.15) is 17.9 Å². The lowest BCUT2D eigenvalue weighted by atomic mass is 9.86. The van der Waals surface area contributed by atoms with Gasteiger partial charge in [0.1, 0.15) is 11.6 Å². The molecule has 1 atom stereocenters. The number of nitrogens with one attached hydrogen (secondary N) is 2. The Labute approximate surface area is 165 Å². The molecule has 2 aromatic rings. The molecule has 8 heteroatoms. The van der Waals surface area contributed by atoms with Crippen LogP contribution in [-0.4, -0.2) is 18.9 Å². The summed E-state index contributed by atoms with van der Waals surface area (Å²) in [7, 11) is 1.45. The van der Waals surface area contributed by atoms with Gasteiger partial charge >= 0.3 is 0 Å². The quantitative estimate of drug-likeness (QED) is 0.793. The molecule has 27 heavy (non-hydrogen) atoms. The highest BCUT2D eigenvalue weighted by molar-refractivity contribution is 6.37. The fourth-order valence-corrected chi connectivity index (χ4v) is 3.31. The van der Waals surface area contributed by atoms with Crippen molar-refractivity contribution in [3.05, 3.63) is 69.6 Å². The Morgan fingerprint density at radius 1 is 1.22 bits per heavy atom. The van der Waals surface area contributed by atoms with Crippen LogP contribution < -0.4 is 15.4 Å². The maximum atomic E-state index is 13.2. The van der Waals surface area contributed by atoms with Crippen LogP contribution >= 0.6 is 23.2 Å². The molecule has 0 saturated heterocycles. The Morgan fingerprint density at radius 2 is 1.93 bits per heavy atom. The molecule has 0 saturated carbocycles. The lowest BCUT2D eigenvalue weighted by Crippen LogP contribution is -2.32. The zero-order valence-electron chi connectivity index (χ0n) is 14.2. The van der Waals surface area contributed by atoms with Crippen molar-refractivity contribution in [3.8, 4) is 5.75 Å². The monoisotopic (exact) mass is 408 g/mol. The van der Waals surface area contributed by atoms with E-state index in [1.54, 1.807) is 12.1 Å². The van der Waals surface area contributed by atoms with Crippen molar-refractivity contribution in [1.82, 2.24) is 5.32 Å². The van der Waals surface area contributed by atoms with Gasteiger partial charge in [0.2, 0.25) is 5.91 Å². The Kier molecular flexibility index (Phi) is 5.68. The second-order valence-electron chi connectivity index (χ2n) is 5.90. The lowest BCUT2D eigenvalue weighted by molar-refractivity contribution is -0.121. The van der Waals surface area contributed by atoms with Crippen LogP contribution in [0.2, 0.25) is 10.0 Å². The highest BCUT2D eigenvalue weighted by Crippen LogP contribution is 2.36. The summed E-state index contributed by atoms with van der Waals surface area (Å²) in [6.45, 7) is 0. The summed E-state index contributed by atoms with van der Waals surface area (Å²) in [5, 5.41) is 5.80. The molecule has 5 nitrogen and oxygen atoms in total. The third-order valence-corrected chi connectivity index (χ3v) is 4.79. The van der Waals surface area contributed by atoms with E-state index in [0.717, 1.165) is 0 Å². The van der Waals surface area contributed by atoms with Crippen molar-refractivity contribution >= 4 is 40.7 Å². The zero-order valence-corrected chi connectivity index (χ0v) is 15.7. The van der Waals surface area contributed by atoms with E-state index in [2.05, 4.69) is 10.6 Å². The molecule has 1 heterocycles. The molecule has 1 aliphatic rings. The van der Waals surface area contributed by atoms with E-state index in [1.807, 2.05) is 0 Å². The van der Waals surface area contributed by atoms with Crippen molar-refractivity contribution in [3.63, 3.8) is 0 Å². The van der Waals surface area contributed by atoms with Crippen LogP contribution in [-0.2, 0) is 9.59 Å². The fourth-order valence-electron chi connectivity index (χ4n) is 2.81. The number of hydrogen-bond donors (Lipinski definition) is 2. The van der Waals surface area contributed by atoms with Gasteiger partial charge in [-0.2, -0.15) is 0 Å². The average Bonchev–Trinajstić information content (AvgIpc) is 2.64. The number of carbonyl (C=O) groups is 2. The number of carbonyl (C=O) groups excluding carboxylic acids is 2. The van der Waals surface area contributed by atoms with E-state index in [-0.39, 0.29) is 17.4 Å². The summed E-state index contributed by atoms with van der Waals surface area (Å²) in [6, 6.07) is 8.66. The van der Waals surface area contributed by atoms with Crippen molar-refractivity contribution in [2.24, 2.45) is 0 Å². The third-order valence-electron chi connectivity index (χ3n) is 4.18. The number of halogens is 3. The van der Waals surface area contributed by atoms with Crippen LogP contribution in [0.3, 0.4) is 0 Å². The third kappa shape index (κ3) is 4.23. The first-order valence-corrected chi connectivity index (χ1v) is 8.74. The SMILES string of the molecule is COc1cc(NC(=O)C2=CNC(=O)CC2c2ccc(F)cc2)c(Cl)cc1Cl. The van der Waals surface area contributed by atoms with E-state index in [1.165, 1.54) is 37.6 Å². The van der Waals surface area contributed by atoms with Crippen LogP contribution in [0.25, 0.3) is 0 Å². The molecule has 1 aliphatic heterocycles. The first-order chi connectivity index (χ1) is 12.9. The fraction of sp³-hybridized carbons (Fsp3) is 0.158. The second-order valence-corrected chi connectivity index (χ2v) is 6.71. The Hall–Kier alpha value is -2.57. The second kappa shape index (κ2) is 7.98. The van der Waals surface area contributed by atoms with Crippen LogP contribution in [0.15, 0.2) is 48.2 Å². The van der Waals surface area contributed by atoms with E-state index in [9.17, 15) is 14.0 Å². The summed E-state index contributed by atoms with van der Waals surface area (Å²) in [6.07, 6.45) is 1.43. The molecule has 0 aromatic heterocycles. The number of hydrogen-bond acceptors (Lipinski definition) is 3. The van der Waals surface area contributed by atoms with E-state index < -0.39 is 17.6 Å². The van der Waals surface area contributed by atoms with Gasteiger partial charge in [-0.05, 0) is 23.8 Å². The molecule has 2 amide bonds. The Balaban J connectivity index is 1.90. The largest absolute Gasteiger partial charge is 0.495 e. The van der Waals surface area contributed by atoms with Crippen molar-refractivity contribution in [2.75, 3.05) is 12.4 Å². The summed E-state index contributed by atoms with van der Waals surface area (Å²) in [5.74, 6) is -1.22. The van der Waals surface area contributed by atoms with Crippen molar-refractivity contribution < 1.29 is 18.7 Å². The number of benzene rings is 2. The predicted octanol–water partition coefficient (Wildman–Crippen LogP) is 4.27. The highest BCUT2D eigenvalue weighted by Gasteiger charge is 2.29. The molecular formula is C19H15Cl2FN2O3. The maximum Gasteiger partial charge on any atom is 0.253 e. The minimum Gasteiger partial charge on any atom is -0.495 e. The van der Waals surface area contributed by atoms with E-state index >= 15 is 0 Å². The Bertz CT molecular complexity index is 929. The lowest BCUT2D eigenvalue weighted by Gasteiger charge is -2.24. The Morgan fingerprint density at radius 3 is 2.59 bits per heavy atom. The molecule has 0 radical (unpaired) electrons. The minimum atomic E-state index is -0.507. The van der Waals surface area contributed by atoms with Crippen molar-refractivity contribution in [1.29, 1.82) is 0 Å².